The molecule has 5 heteroatoms. The molecule has 0 atom stereocenters. The van der Waals surface area contributed by atoms with E-state index in [1.54, 1.807) is 22.8 Å². The Morgan fingerprint density at radius 2 is 2.11 bits per heavy atom. The lowest BCUT2D eigenvalue weighted by atomic mass is 10.2. The number of benzene rings is 1. The van der Waals surface area contributed by atoms with Gasteiger partial charge in [-0.05, 0) is 13.0 Å². The molecular formula is C14H13FN4. The number of hydrogen-bond donors (Lipinski definition) is 1. The first-order chi connectivity index (χ1) is 9.24. The molecule has 0 aliphatic rings. The molecule has 0 aliphatic carbocycles. The third kappa shape index (κ3) is 2.27. The highest BCUT2D eigenvalue weighted by Crippen LogP contribution is 2.14. The quantitative estimate of drug-likeness (QED) is 0.783. The summed E-state index contributed by atoms with van der Waals surface area (Å²) in [5.74, 6) is 0.591. The van der Waals surface area contributed by atoms with Gasteiger partial charge in [-0.3, -0.25) is 0 Å². The second kappa shape index (κ2) is 4.68. The summed E-state index contributed by atoms with van der Waals surface area (Å²) in [6.07, 6.45) is 1.69. The molecule has 0 saturated carbocycles. The van der Waals surface area contributed by atoms with Crippen molar-refractivity contribution < 1.29 is 4.39 Å². The first-order valence-corrected chi connectivity index (χ1v) is 6.03. The highest BCUT2D eigenvalue weighted by atomic mass is 19.1. The Hall–Kier alpha value is -2.43. The summed E-state index contributed by atoms with van der Waals surface area (Å²) < 4.78 is 15.3. The molecule has 0 saturated heterocycles. The lowest BCUT2D eigenvalue weighted by molar-refractivity contribution is 0.612. The summed E-state index contributed by atoms with van der Waals surface area (Å²) in [6, 6.07) is 10.4. The van der Waals surface area contributed by atoms with Gasteiger partial charge in [0, 0.05) is 29.9 Å². The fourth-order valence-electron chi connectivity index (χ4n) is 1.99. The van der Waals surface area contributed by atoms with E-state index in [1.165, 1.54) is 6.07 Å². The molecule has 3 aromatic rings. The summed E-state index contributed by atoms with van der Waals surface area (Å²) in [4.78, 5) is 4.36. The Morgan fingerprint density at radius 3 is 2.95 bits per heavy atom. The van der Waals surface area contributed by atoms with Gasteiger partial charge in [-0.25, -0.2) is 9.37 Å². The van der Waals surface area contributed by atoms with E-state index in [1.807, 2.05) is 25.1 Å². The van der Waals surface area contributed by atoms with Crippen LogP contribution in [0.5, 0.6) is 0 Å². The standard InChI is InChI=1S/C14H13FN4/c1-10-8-14(19-13(18-10)6-7-17-19)16-9-11-4-2-3-5-12(11)15/h2-8,16H,9H2,1H3. The van der Waals surface area contributed by atoms with Crippen LogP contribution in [-0.2, 0) is 6.54 Å². The molecule has 3 rings (SSSR count). The largest absolute Gasteiger partial charge is 0.366 e. The van der Waals surface area contributed by atoms with Crippen molar-refractivity contribution in [3.05, 3.63) is 59.7 Å². The summed E-state index contributed by atoms with van der Waals surface area (Å²) in [7, 11) is 0. The number of hydrogen-bond acceptors (Lipinski definition) is 3. The summed E-state index contributed by atoms with van der Waals surface area (Å²) in [5, 5.41) is 7.38. The van der Waals surface area contributed by atoms with Gasteiger partial charge in [0.1, 0.15) is 11.6 Å². The van der Waals surface area contributed by atoms with Crippen molar-refractivity contribution in [2.45, 2.75) is 13.5 Å². The van der Waals surface area contributed by atoms with Crippen LogP contribution in [0.15, 0.2) is 42.6 Å². The van der Waals surface area contributed by atoms with Crippen molar-refractivity contribution in [2.24, 2.45) is 0 Å². The van der Waals surface area contributed by atoms with Crippen LogP contribution >= 0.6 is 0 Å². The first-order valence-electron chi connectivity index (χ1n) is 6.03. The third-order valence-corrected chi connectivity index (χ3v) is 2.91. The number of nitrogens with zero attached hydrogens (tertiary/aromatic N) is 3. The van der Waals surface area contributed by atoms with E-state index in [4.69, 9.17) is 0 Å². The maximum absolute atomic E-state index is 13.6. The molecule has 96 valence electrons. The van der Waals surface area contributed by atoms with Crippen molar-refractivity contribution in [1.29, 1.82) is 0 Å². The molecule has 1 N–H and O–H groups in total. The van der Waals surface area contributed by atoms with Crippen LogP contribution in [-0.4, -0.2) is 14.6 Å². The fourth-order valence-corrected chi connectivity index (χ4v) is 1.99. The van der Waals surface area contributed by atoms with E-state index in [9.17, 15) is 4.39 Å². The second-order valence-corrected chi connectivity index (χ2v) is 4.33. The van der Waals surface area contributed by atoms with Gasteiger partial charge in [0.05, 0.1) is 6.20 Å². The molecule has 0 amide bonds. The van der Waals surface area contributed by atoms with Crippen molar-refractivity contribution in [3.8, 4) is 0 Å². The Labute approximate surface area is 109 Å². The molecule has 1 aromatic carbocycles. The summed E-state index contributed by atoms with van der Waals surface area (Å²) in [5.41, 5.74) is 2.29. The van der Waals surface area contributed by atoms with Gasteiger partial charge < -0.3 is 5.32 Å². The predicted octanol–water partition coefficient (Wildman–Crippen LogP) is 2.79. The Balaban J connectivity index is 1.90. The normalized spacial score (nSPS) is 10.8. The van der Waals surface area contributed by atoms with Crippen LogP contribution in [0.1, 0.15) is 11.3 Å². The van der Waals surface area contributed by atoms with Crippen molar-refractivity contribution in [2.75, 3.05) is 5.32 Å². The SMILES string of the molecule is Cc1cc(NCc2ccccc2F)n2nccc2n1. The minimum Gasteiger partial charge on any atom is -0.366 e. The van der Waals surface area contributed by atoms with E-state index in [0.29, 0.717) is 12.1 Å². The van der Waals surface area contributed by atoms with Crippen molar-refractivity contribution >= 4 is 11.5 Å². The average Bonchev–Trinajstić information content (AvgIpc) is 2.85. The maximum Gasteiger partial charge on any atom is 0.157 e. The van der Waals surface area contributed by atoms with E-state index >= 15 is 0 Å². The molecule has 0 aliphatic heterocycles. The minimum absolute atomic E-state index is 0.211. The lowest BCUT2D eigenvalue weighted by Gasteiger charge is -2.09. The zero-order chi connectivity index (χ0) is 13.2. The van der Waals surface area contributed by atoms with Crippen LogP contribution in [0.3, 0.4) is 0 Å². The number of anilines is 1. The molecule has 2 aromatic heterocycles. The number of aryl methyl sites for hydroxylation is 1. The van der Waals surface area contributed by atoms with Crippen molar-refractivity contribution in [3.63, 3.8) is 0 Å². The van der Waals surface area contributed by atoms with Crippen molar-refractivity contribution in [1.82, 2.24) is 14.6 Å². The highest BCUT2D eigenvalue weighted by Gasteiger charge is 2.05. The fraction of sp³-hybridized carbons (Fsp3) is 0.143. The number of halogens is 1. The summed E-state index contributed by atoms with van der Waals surface area (Å²) >= 11 is 0. The molecule has 0 bridgehead atoms. The lowest BCUT2D eigenvalue weighted by Crippen LogP contribution is -2.07. The number of rotatable bonds is 3. The van der Waals surface area contributed by atoms with E-state index in [0.717, 1.165) is 17.2 Å². The predicted molar refractivity (Wildman–Crippen MR) is 71.5 cm³/mol. The average molecular weight is 256 g/mol. The zero-order valence-corrected chi connectivity index (χ0v) is 10.5. The van der Waals surface area contributed by atoms with E-state index < -0.39 is 0 Å². The Morgan fingerprint density at radius 1 is 1.26 bits per heavy atom. The first kappa shape index (κ1) is 11.6. The summed E-state index contributed by atoms with van der Waals surface area (Å²) in [6.45, 7) is 2.33. The van der Waals surface area contributed by atoms with Gasteiger partial charge in [0.25, 0.3) is 0 Å². The zero-order valence-electron chi connectivity index (χ0n) is 10.5. The van der Waals surface area contributed by atoms with E-state index in [-0.39, 0.29) is 5.82 Å². The Kier molecular flexibility index (Phi) is 2.87. The molecule has 2 heterocycles. The molecular weight excluding hydrogens is 243 g/mol. The van der Waals surface area contributed by atoms with Crippen LogP contribution in [0.4, 0.5) is 10.2 Å². The van der Waals surface area contributed by atoms with Gasteiger partial charge in [-0.2, -0.15) is 9.61 Å². The van der Waals surface area contributed by atoms with E-state index in [2.05, 4.69) is 15.4 Å². The Bertz CT molecular complexity index is 720. The number of fused-ring (bicyclic) bond motifs is 1. The van der Waals surface area contributed by atoms with Crippen LogP contribution in [0, 0.1) is 12.7 Å². The molecule has 19 heavy (non-hydrogen) atoms. The van der Waals surface area contributed by atoms with Gasteiger partial charge in [-0.15, -0.1) is 0 Å². The molecule has 0 fully saturated rings. The monoisotopic (exact) mass is 256 g/mol. The van der Waals surface area contributed by atoms with Gasteiger partial charge in [-0.1, -0.05) is 18.2 Å². The number of aromatic nitrogens is 3. The van der Waals surface area contributed by atoms with Gasteiger partial charge in [0.2, 0.25) is 0 Å². The van der Waals surface area contributed by atoms with Gasteiger partial charge >= 0.3 is 0 Å². The van der Waals surface area contributed by atoms with Gasteiger partial charge in [0.15, 0.2) is 5.65 Å². The minimum atomic E-state index is -0.211. The smallest absolute Gasteiger partial charge is 0.157 e. The molecule has 4 nitrogen and oxygen atoms in total. The number of nitrogens with one attached hydrogen (secondary N) is 1. The highest BCUT2D eigenvalue weighted by molar-refractivity contribution is 5.49. The molecule has 0 radical (unpaired) electrons. The topological polar surface area (TPSA) is 42.2 Å². The van der Waals surface area contributed by atoms with Crippen LogP contribution in [0.25, 0.3) is 5.65 Å². The molecule has 0 unspecified atom stereocenters. The molecule has 0 spiro atoms. The second-order valence-electron chi connectivity index (χ2n) is 4.33. The van der Waals surface area contributed by atoms with Crippen LogP contribution in [0.2, 0.25) is 0 Å². The maximum atomic E-state index is 13.6. The van der Waals surface area contributed by atoms with Crippen LogP contribution < -0.4 is 5.32 Å². The third-order valence-electron chi connectivity index (χ3n) is 2.91.